The van der Waals surface area contributed by atoms with Crippen molar-refractivity contribution in [2.75, 3.05) is 7.11 Å². The SMILES string of the molecule is COc1ccc(/C=C/C(=O)N[C@H]2C[C@H]3CC[C@@H]2C3)cc1. The molecule has 20 heavy (non-hydrogen) atoms. The van der Waals surface area contributed by atoms with Crippen molar-refractivity contribution in [1.29, 1.82) is 0 Å². The molecule has 1 amide bonds. The first-order valence-corrected chi connectivity index (χ1v) is 7.37. The van der Waals surface area contributed by atoms with Gasteiger partial charge >= 0.3 is 0 Å². The Labute approximate surface area is 120 Å². The van der Waals surface area contributed by atoms with E-state index in [0.29, 0.717) is 6.04 Å². The molecule has 0 spiro atoms. The van der Waals surface area contributed by atoms with Crippen LogP contribution in [-0.2, 0) is 4.79 Å². The number of methoxy groups -OCH3 is 1. The molecule has 2 aliphatic rings. The summed E-state index contributed by atoms with van der Waals surface area (Å²) >= 11 is 0. The van der Waals surface area contributed by atoms with Crippen molar-refractivity contribution in [3.8, 4) is 5.75 Å². The van der Waals surface area contributed by atoms with Gasteiger partial charge in [0.1, 0.15) is 5.75 Å². The van der Waals surface area contributed by atoms with Gasteiger partial charge in [-0.3, -0.25) is 4.79 Å². The van der Waals surface area contributed by atoms with E-state index < -0.39 is 0 Å². The number of hydrogen-bond acceptors (Lipinski definition) is 2. The second-order valence-corrected chi connectivity index (χ2v) is 5.90. The van der Waals surface area contributed by atoms with Crippen molar-refractivity contribution >= 4 is 12.0 Å². The molecule has 2 fully saturated rings. The molecule has 2 aliphatic carbocycles. The van der Waals surface area contributed by atoms with Crippen LogP contribution in [0, 0.1) is 11.8 Å². The molecule has 0 radical (unpaired) electrons. The lowest BCUT2D eigenvalue weighted by molar-refractivity contribution is -0.117. The molecule has 106 valence electrons. The Bertz CT molecular complexity index is 506. The normalized spacial score (nSPS) is 27.9. The van der Waals surface area contributed by atoms with Crippen LogP contribution in [0.3, 0.4) is 0 Å². The summed E-state index contributed by atoms with van der Waals surface area (Å²) in [5, 5.41) is 3.15. The van der Waals surface area contributed by atoms with Gasteiger partial charge in [-0.2, -0.15) is 0 Å². The zero-order valence-electron chi connectivity index (χ0n) is 11.8. The van der Waals surface area contributed by atoms with E-state index in [1.165, 1.54) is 25.7 Å². The lowest BCUT2D eigenvalue weighted by atomic mass is 9.95. The molecule has 3 nitrogen and oxygen atoms in total. The Balaban J connectivity index is 1.54. The third kappa shape index (κ3) is 2.87. The zero-order valence-corrected chi connectivity index (χ0v) is 11.8. The Morgan fingerprint density at radius 3 is 2.65 bits per heavy atom. The molecule has 3 heteroatoms. The second-order valence-electron chi connectivity index (χ2n) is 5.90. The van der Waals surface area contributed by atoms with E-state index in [-0.39, 0.29) is 5.91 Å². The minimum absolute atomic E-state index is 0.0263. The summed E-state index contributed by atoms with van der Waals surface area (Å²) in [4.78, 5) is 11.9. The van der Waals surface area contributed by atoms with Crippen LogP contribution in [0.2, 0.25) is 0 Å². The van der Waals surface area contributed by atoms with Crippen LogP contribution in [0.1, 0.15) is 31.2 Å². The highest BCUT2D eigenvalue weighted by molar-refractivity contribution is 5.91. The Kier molecular flexibility index (Phi) is 3.77. The number of carbonyl (C=O) groups is 1. The van der Waals surface area contributed by atoms with E-state index in [1.54, 1.807) is 13.2 Å². The molecule has 3 rings (SSSR count). The van der Waals surface area contributed by atoms with Gasteiger partial charge in [-0.05, 0) is 54.9 Å². The number of nitrogens with one attached hydrogen (secondary N) is 1. The van der Waals surface area contributed by atoms with E-state index in [2.05, 4.69) is 5.32 Å². The number of fused-ring (bicyclic) bond motifs is 2. The van der Waals surface area contributed by atoms with Crippen molar-refractivity contribution in [2.24, 2.45) is 11.8 Å². The molecule has 0 saturated heterocycles. The lowest BCUT2D eigenvalue weighted by Crippen LogP contribution is -2.37. The van der Waals surface area contributed by atoms with Gasteiger partial charge < -0.3 is 10.1 Å². The summed E-state index contributed by atoms with van der Waals surface area (Å²) in [6.45, 7) is 0. The monoisotopic (exact) mass is 271 g/mol. The van der Waals surface area contributed by atoms with E-state index in [1.807, 2.05) is 30.3 Å². The van der Waals surface area contributed by atoms with Crippen molar-refractivity contribution in [3.05, 3.63) is 35.9 Å². The van der Waals surface area contributed by atoms with Gasteiger partial charge in [0.15, 0.2) is 0 Å². The first kappa shape index (κ1) is 13.2. The maximum atomic E-state index is 11.9. The molecular weight excluding hydrogens is 250 g/mol. The largest absolute Gasteiger partial charge is 0.497 e. The fourth-order valence-corrected chi connectivity index (χ4v) is 3.54. The molecule has 2 saturated carbocycles. The first-order valence-electron chi connectivity index (χ1n) is 7.37. The van der Waals surface area contributed by atoms with Gasteiger partial charge in [0.2, 0.25) is 5.91 Å². The highest BCUT2D eigenvalue weighted by atomic mass is 16.5. The highest BCUT2D eigenvalue weighted by Gasteiger charge is 2.39. The van der Waals surface area contributed by atoms with Crippen molar-refractivity contribution in [3.63, 3.8) is 0 Å². The number of carbonyl (C=O) groups excluding carboxylic acids is 1. The summed E-state index contributed by atoms with van der Waals surface area (Å²) in [6, 6.07) is 8.09. The molecule has 0 aliphatic heterocycles. The molecule has 1 N–H and O–H groups in total. The average Bonchev–Trinajstić information content (AvgIpc) is 3.08. The zero-order chi connectivity index (χ0) is 13.9. The van der Waals surface area contributed by atoms with Gasteiger partial charge in [-0.25, -0.2) is 0 Å². The molecule has 1 aromatic carbocycles. The fraction of sp³-hybridized carbons (Fsp3) is 0.471. The standard InChI is InChI=1S/C17H21NO2/c1-20-15-7-3-12(4-8-15)5-9-17(19)18-16-11-13-2-6-14(16)10-13/h3-5,7-9,13-14,16H,2,6,10-11H2,1H3,(H,18,19)/b9-5+/t13-,14+,16-/m0/s1. The van der Waals surface area contributed by atoms with Crippen LogP contribution in [0.4, 0.5) is 0 Å². The number of rotatable bonds is 4. The smallest absolute Gasteiger partial charge is 0.244 e. The van der Waals surface area contributed by atoms with Gasteiger partial charge in [-0.1, -0.05) is 18.6 Å². The summed E-state index contributed by atoms with van der Waals surface area (Å²) in [5.74, 6) is 2.43. The van der Waals surface area contributed by atoms with Gasteiger partial charge in [0.05, 0.1) is 7.11 Å². The predicted molar refractivity (Wildman–Crippen MR) is 79.4 cm³/mol. The minimum Gasteiger partial charge on any atom is -0.497 e. The van der Waals surface area contributed by atoms with E-state index >= 15 is 0 Å². The molecule has 3 atom stereocenters. The summed E-state index contributed by atoms with van der Waals surface area (Å²) in [6.07, 6.45) is 8.62. The summed E-state index contributed by atoms with van der Waals surface area (Å²) in [7, 11) is 1.65. The third-order valence-corrected chi connectivity index (χ3v) is 4.61. The quantitative estimate of drug-likeness (QED) is 0.855. The summed E-state index contributed by atoms with van der Waals surface area (Å²) < 4.78 is 5.11. The molecular formula is C17H21NO2. The van der Waals surface area contributed by atoms with Crippen molar-refractivity contribution < 1.29 is 9.53 Å². The van der Waals surface area contributed by atoms with Gasteiger partial charge in [0.25, 0.3) is 0 Å². The molecule has 0 heterocycles. The van der Waals surface area contributed by atoms with Crippen molar-refractivity contribution in [2.45, 2.75) is 31.7 Å². The third-order valence-electron chi connectivity index (χ3n) is 4.61. The van der Waals surface area contributed by atoms with Crippen LogP contribution >= 0.6 is 0 Å². The summed E-state index contributed by atoms with van der Waals surface area (Å²) in [5.41, 5.74) is 1.01. The fourth-order valence-electron chi connectivity index (χ4n) is 3.54. The molecule has 0 unspecified atom stereocenters. The van der Waals surface area contributed by atoms with Crippen LogP contribution in [0.15, 0.2) is 30.3 Å². The molecule has 0 aromatic heterocycles. The number of ether oxygens (including phenoxy) is 1. The first-order chi connectivity index (χ1) is 9.74. The number of amides is 1. The van der Waals surface area contributed by atoms with Crippen LogP contribution in [-0.4, -0.2) is 19.1 Å². The lowest BCUT2D eigenvalue weighted by Gasteiger charge is -2.22. The Morgan fingerprint density at radius 2 is 2.05 bits per heavy atom. The Morgan fingerprint density at radius 1 is 1.25 bits per heavy atom. The number of benzene rings is 1. The number of hydrogen-bond donors (Lipinski definition) is 1. The van der Waals surface area contributed by atoms with Gasteiger partial charge in [0, 0.05) is 12.1 Å². The van der Waals surface area contributed by atoms with Crippen LogP contribution in [0.5, 0.6) is 5.75 Å². The predicted octanol–water partition coefficient (Wildman–Crippen LogP) is 3.01. The molecule has 2 bridgehead atoms. The van der Waals surface area contributed by atoms with E-state index in [0.717, 1.165) is 23.1 Å². The molecule has 1 aromatic rings. The van der Waals surface area contributed by atoms with E-state index in [4.69, 9.17) is 4.74 Å². The van der Waals surface area contributed by atoms with Crippen LogP contribution in [0.25, 0.3) is 6.08 Å². The topological polar surface area (TPSA) is 38.3 Å². The van der Waals surface area contributed by atoms with E-state index in [9.17, 15) is 4.79 Å². The van der Waals surface area contributed by atoms with Gasteiger partial charge in [-0.15, -0.1) is 0 Å². The highest BCUT2D eigenvalue weighted by Crippen LogP contribution is 2.44. The minimum atomic E-state index is 0.0263. The maximum absolute atomic E-state index is 11.9. The van der Waals surface area contributed by atoms with Crippen LogP contribution < -0.4 is 10.1 Å². The average molecular weight is 271 g/mol. The Hall–Kier alpha value is -1.77. The second kappa shape index (κ2) is 5.70. The van der Waals surface area contributed by atoms with Crippen molar-refractivity contribution in [1.82, 2.24) is 5.32 Å². The maximum Gasteiger partial charge on any atom is 0.244 e.